The monoisotopic (exact) mass is 300 g/mol. The number of rotatable bonds is 3. The van der Waals surface area contributed by atoms with Gasteiger partial charge in [-0.25, -0.2) is 0 Å². The molecule has 1 saturated heterocycles. The molecule has 0 unspecified atom stereocenters. The lowest BCUT2D eigenvalue weighted by Gasteiger charge is -2.34. The summed E-state index contributed by atoms with van der Waals surface area (Å²) in [5, 5.41) is 0.987. The van der Waals surface area contributed by atoms with Gasteiger partial charge < -0.3 is 14.8 Å². The highest BCUT2D eigenvalue weighted by molar-refractivity contribution is 6.09. The maximum atomic E-state index is 12.8. The molecule has 2 heterocycles. The Bertz CT molecular complexity index is 699. The van der Waals surface area contributed by atoms with Crippen LogP contribution in [0.15, 0.2) is 30.5 Å². The van der Waals surface area contributed by atoms with E-state index in [1.807, 2.05) is 42.3 Å². The molecule has 1 amide bonds. The molecule has 0 spiro atoms. The fourth-order valence-electron chi connectivity index (χ4n) is 3.24. The van der Waals surface area contributed by atoms with Crippen LogP contribution in [0, 0.1) is 0 Å². The zero-order valence-corrected chi connectivity index (χ0v) is 13.1. The van der Waals surface area contributed by atoms with Gasteiger partial charge in [-0.3, -0.25) is 9.59 Å². The normalized spacial score (nSPS) is 17.6. The number of amides is 1. The van der Waals surface area contributed by atoms with Gasteiger partial charge in [0.25, 0.3) is 0 Å². The first-order chi connectivity index (χ1) is 10.6. The molecule has 2 N–H and O–H groups in total. The number of aromatic nitrogens is 1. The third-order valence-electron chi connectivity index (χ3n) is 4.71. The van der Waals surface area contributed by atoms with Crippen molar-refractivity contribution in [3.8, 4) is 0 Å². The second-order valence-corrected chi connectivity index (χ2v) is 6.00. The second kappa shape index (κ2) is 5.93. The Hall–Kier alpha value is -2.14. The number of carbonyl (C=O) groups excluding carboxylic acids is 2. The Kier molecular flexibility index (Phi) is 3.98. The number of H-pyrrole nitrogens is 1. The second-order valence-electron chi connectivity index (χ2n) is 6.00. The maximum absolute atomic E-state index is 12.8. The van der Waals surface area contributed by atoms with E-state index < -0.39 is 0 Å². The SMILES string of the molecule is CC(=O)N1CC[NH+]([C@H](C)C(=O)c2c[nH]c3ccccc23)CC1. The van der Waals surface area contributed by atoms with E-state index in [0.717, 1.165) is 42.6 Å². The smallest absolute Gasteiger partial charge is 0.221 e. The predicted octanol–water partition coefficient (Wildman–Crippen LogP) is 0.486. The van der Waals surface area contributed by atoms with Gasteiger partial charge in [0.2, 0.25) is 11.7 Å². The lowest BCUT2D eigenvalue weighted by Crippen LogP contribution is -3.18. The van der Waals surface area contributed by atoms with Crippen LogP contribution in [0.1, 0.15) is 24.2 Å². The van der Waals surface area contributed by atoms with Crippen LogP contribution in [0.4, 0.5) is 0 Å². The summed E-state index contributed by atoms with van der Waals surface area (Å²) in [6.45, 7) is 6.71. The fourth-order valence-corrected chi connectivity index (χ4v) is 3.24. The van der Waals surface area contributed by atoms with Gasteiger partial charge in [-0.2, -0.15) is 0 Å². The molecule has 1 aliphatic heterocycles. The molecule has 1 aliphatic rings. The Morgan fingerprint density at radius 2 is 1.91 bits per heavy atom. The maximum Gasteiger partial charge on any atom is 0.221 e. The molecule has 116 valence electrons. The summed E-state index contributed by atoms with van der Waals surface area (Å²) in [6, 6.07) is 7.79. The van der Waals surface area contributed by atoms with Crippen molar-refractivity contribution in [3.05, 3.63) is 36.0 Å². The van der Waals surface area contributed by atoms with E-state index in [9.17, 15) is 9.59 Å². The topological polar surface area (TPSA) is 57.6 Å². The number of quaternary nitrogens is 1. The van der Waals surface area contributed by atoms with Gasteiger partial charge in [0.05, 0.1) is 26.2 Å². The minimum Gasteiger partial charge on any atom is -0.360 e. The summed E-state index contributed by atoms with van der Waals surface area (Å²) in [5.41, 5.74) is 1.76. The summed E-state index contributed by atoms with van der Waals surface area (Å²) in [4.78, 5) is 30.5. The van der Waals surface area contributed by atoms with E-state index in [4.69, 9.17) is 0 Å². The molecule has 1 atom stereocenters. The van der Waals surface area contributed by atoms with Crippen molar-refractivity contribution < 1.29 is 14.5 Å². The summed E-state index contributed by atoms with van der Waals surface area (Å²) < 4.78 is 0. The number of aromatic amines is 1. The third-order valence-corrected chi connectivity index (χ3v) is 4.71. The number of hydrogen-bond donors (Lipinski definition) is 2. The number of hydrogen-bond acceptors (Lipinski definition) is 2. The van der Waals surface area contributed by atoms with Crippen LogP contribution in [-0.4, -0.2) is 53.8 Å². The van der Waals surface area contributed by atoms with Crippen molar-refractivity contribution in [2.24, 2.45) is 0 Å². The van der Waals surface area contributed by atoms with E-state index in [1.165, 1.54) is 4.90 Å². The molecular weight excluding hydrogens is 278 g/mol. The van der Waals surface area contributed by atoms with Crippen molar-refractivity contribution in [3.63, 3.8) is 0 Å². The quantitative estimate of drug-likeness (QED) is 0.811. The highest BCUT2D eigenvalue weighted by atomic mass is 16.2. The molecule has 0 bridgehead atoms. The first-order valence-electron chi connectivity index (χ1n) is 7.78. The lowest BCUT2D eigenvalue weighted by atomic mass is 10.0. The highest BCUT2D eigenvalue weighted by Gasteiger charge is 2.31. The Labute approximate surface area is 129 Å². The van der Waals surface area contributed by atoms with Gasteiger partial charge in [-0.05, 0) is 13.0 Å². The Balaban J connectivity index is 1.74. The molecule has 2 aromatic rings. The summed E-state index contributed by atoms with van der Waals surface area (Å²) >= 11 is 0. The minimum atomic E-state index is -0.0895. The van der Waals surface area contributed by atoms with Crippen LogP contribution >= 0.6 is 0 Å². The first kappa shape index (κ1) is 14.8. The van der Waals surface area contributed by atoms with Crippen LogP contribution in [0.3, 0.4) is 0 Å². The number of Topliss-reactive ketones (excluding diaryl/α,β-unsaturated/α-hetero) is 1. The number of ketones is 1. The van der Waals surface area contributed by atoms with Crippen molar-refractivity contribution in [1.29, 1.82) is 0 Å². The zero-order valence-electron chi connectivity index (χ0n) is 13.1. The van der Waals surface area contributed by atoms with E-state index in [-0.39, 0.29) is 17.7 Å². The standard InChI is InChI=1S/C17H21N3O2/c1-12(19-7-9-20(10-8-19)13(2)21)17(22)15-11-18-16-6-4-3-5-14(15)16/h3-6,11-12,18H,7-10H2,1-2H3/p+1/t12-/m1/s1. The number of piperazine rings is 1. The van der Waals surface area contributed by atoms with E-state index in [1.54, 1.807) is 6.92 Å². The van der Waals surface area contributed by atoms with Gasteiger partial charge in [-0.15, -0.1) is 0 Å². The first-order valence-corrected chi connectivity index (χ1v) is 7.78. The van der Waals surface area contributed by atoms with Gasteiger partial charge in [0.1, 0.15) is 6.04 Å². The summed E-state index contributed by atoms with van der Waals surface area (Å²) in [7, 11) is 0. The predicted molar refractivity (Wildman–Crippen MR) is 85.0 cm³/mol. The minimum absolute atomic E-state index is 0.0895. The molecule has 1 aromatic heterocycles. The van der Waals surface area contributed by atoms with Crippen molar-refractivity contribution in [2.45, 2.75) is 19.9 Å². The van der Waals surface area contributed by atoms with Crippen LogP contribution in [-0.2, 0) is 4.79 Å². The molecule has 0 aliphatic carbocycles. The number of carbonyl (C=O) groups is 2. The van der Waals surface area contributed by atoms with Crippen molar-refractivity contribution >= 4 is 22.6 Å². The summed E-state index contributed by atoms with van der Waals surface area (Å²) in [5.74, 6) is 0.290. The average Bonchev–Trinajstić information content (AvgIpc) is 2.97. The molecule has 0 saturated carbocycles. The number of para-hydroxylation sites is 1. The molecule has 5 heteroatoms. The van der Waals surface area contributed by atoms with Crippen LogP contribution in [0.5, 0.6) is 0 Å². The van der Waals surface area contributed by atoms with Crippen LogP contribution in [0.2, 0.25) is 0 Å². The summed E-state index contributed by atoms with van der Waals surface area (Å²) in [6.07, 6.45) is 1.81. The van der Waals surface area contributed by atoms with E-state index in [2.05, 4.69) is 4.98 Å². The lowest BCUT2D eigenvalue weighted by molar-refractivity contribution is -0.917. The van der Waals surface area contributed by atoms with Gasteiger partial charge >= 0.3 is 0 Å². The molecule has 5 nitrogen and oxygen atoms in total. The number of nitrogens with one attached hydrogen (secondary N) is 2. The van der Waals surface area contributed by atoms with E-state index in [0.29, 0.717) is 0 Å². The Morgan fingerprint density at radius 1 is 1.23 bits per heavy atom. The molecular formula is C17H22N3O2+. The number of nitrogens with zero attached hydrogens (tertiary/aromatic N) is 1. The third kappa shape index (κ3) is 2.64. The largest absolute Gasteiger partial charge is 0.360 e. The Morgan fingerprint density at radius 3 is 2.59 bits per heavy atom. The fraction of sp³-hybridized carbons (Fsp3) is 0.412. The number of benzene rings is 1. The van der Waals surface area contributed by atoms with Crippen LogP contribution in [0.25, 0.3) is 10.9 Å². The average molecular weight is 300 g/mol. The van der Waals surface area contributed by atoms with Gasteiger partial charge in [0.15, 0.2) is 0 Å². The van der Waals surface area contributed by atoms with Crippen LogP contribution < -0.4 is 4.90 Å². The molecule has 3 rings (SSSR count). The van der Waals surface area contributed by atoms with Crippen molar-refractivity contribution in [2.75, 3.05) is 26.2 Å². The van der Waals surface area contributed by atoms with Gasteiger partial charge in [0, 0.05) is 29.6 Å². The number of fused-ring (bicyclic) bond motifs is 1. The molecule has 1 aromatic carbocycles. The zero-order chi connectivity index (χ0) is 15.7. The van der Waals surface area contributed by atoms with E-state index >= 15 is 0 Å². The van der Waals surface area contributed by atoms with Gasteiger partial charge in [-0.1, -0.05) is 18.2 Å². The molecule has 1 fully saturated rings. The highest BCUT2D eigenvalue weighted by Crippen LogP contribution is 2.18. The molecule has 22 heavy (non-hydrogen) atoms. The van der Waals surface area contributed by atoms with Crippen molar-refractivity contribution in [1.82, 2.24) is 9.88 Å². The molecule has 0 radical (unpaired) electrons.